The molecule has 0 aliphatic carbocycles. The van der Waals surface area contributed by atoms with E-state index in [1.165, 1.54) is 7.11 Å². The fourth-order valence-electron chi connectivity index (χ4n) is 3.03. The molecule has 20 heavy (non-hydrogen) atoms. The first-order valence-electron chi connectivity index (χ1n) is 6.50. The van der Waals surface area contributed by atoms with Gasteiger partial charge in [0, 0.05) is 18.0 Å². The lowest BCUT2D eigenvalue weighted by molar-refractivity contribution is -0.157. The number of carbonyl (C=O) groups excluding carboxylic acids is 2. The molecule has 0 unspecified atom stereocenters. The van der Waals surface area contributed by atoms with Crippen molar-refractivity contribution in [3.63, 3.8) is 0 Å². The Bertz CT molecular complexity index is 576. The molecule has 1 aromatic rings. The molecule has 2 heterocycles. The number of halogens is 1. The first-order chi connectivity index (χ1) is 9.61. The van der Waals surface area contributed by atoms with Crippen molar-refractivity contribution in [2.75, 3.05) is 20.2 Å². The lowest BCUT2D eigenvalue weighted by atomic mass is 9.87. The van der Waals surface area contributed by atoms with Crippen LogP contribution in [0.25, 0.3) is 0 Å². The fraction of sp³-hybridized carbons (Fsp3) is 0.429. The number of hydrogen-bond acceptors (Lipinski definition) is 4. The van der Waals surface area contributed by atoms with Crippen LogP contribution in [-0.2, 0) is 20.7 Å². The minimum absolute atomic E-state index is 0.0812. The van der Waals surface area contributed by atoms with E-state index < -0.39 is 6.04 Å². The van der Waals surface area contributed by atoms with E-state index in [1.54, 1.807) is 4.90 Å². The van der Waals surface area contributed by atoms with E-state index in [2.05, 4.69) is 5.32 Å². The number of fused-ring (bicyclic) bond motifs is 3. The summed E-state index contributed by atoms with van der Waals surface area (Å²) in [6.45, 7) is 0.868. The van der Waals surface area contributed by atoms with Crippen LogP contribution in [0.3, 0.4) is 0 Å². The standard InChI is InChI=1S/C14H15ClN2O3/c1-20-14(19)11-4-8-2-3-9(15)5-10(8)12-6-16-7-13(18)17(11)12/h2-3,5,11-12,16H,4,6-7H2,1H3/t11-,12+/m1/s1. The Balaban J connectivity index is 2.07. The summed E-state index contributed by atoms with van der Waals surface area (Å²) in [5.74, 6) is -0.451. The maximum absolute atomic E-state index is 12.2. The van der Waals surface area contributed by atoms with Gasteiger partial charge in [-0.15, -0.1) is 0 Å². The van der Waals surface area contributed by atoms with Crippen molar-refractivity contribution in [1.29, 1.82) is 0 Å². The molecule has 0 saturated carbocycles. The monoisotopic (exact) mass is 294 g/mol. The van der Waals surface area contributed by atoms with Crippen LogP contribution in [-0.4, -0.2) is 43.0 Å². The largest absolute Gasteiger partial charge is 0.467 e. The SMILES string of the molecule is COC(=O)[C@H]1Cc2ccc(Cl)cc2[C@@H]2CNCC(=O)N12. The van der Waals surface area contributed by atoms with Crippen molar-refractivity contribution in [1.82, 2.24) is 10.2 Å². The highest BCUT2D eigenvalue weighted by Gasteiger charge is 2.43. The zero-order chi connectivity index (χ0) is 14.3. The van der Waals surface area contributed by atoms with E-state index in [9.17, 15) is 9.59 Å². The summed E-state index contributed by atoms with van der Waals surface area (Å²) in [5.41, 5.74) is 2.06. The summed E-state index contributed by atoms with van der Waals surface area (Å²) in [7, 11) is 1.35. The third kappa shape index (κ3) is 2.07. The summed E-state index contributed by atoms with van der Waals surface area (Å²) in [4.78, 5) is 25.8. The van der Waals surface area contributed by atoms with Crippen LogP contribution in [0.1, 0.15) is 17.2 Å². The predicted octanol–water partition coefficient (Wildman–Crippen LogP) is 0.911. The second kappa shape index (κ2) is 5.07. The number of methoxy groups -OCH3 is 1. The van der Waals surface area contributed by atoms with Crippen molar-refractivity contribution >= 4 is 23.5 Å². The summed E-state index contributed by atoms with van der Waals surface area (Å²) < 4.78 is 4.85. The Labute approximate surface area is 121 Å². The molecular weight excluding hydrogens is 280 g/mol. The molecule has 1 saturated heterocycles. The highest BCUT2D eigenvalue weighted by molar-refractivity contribution is 6.30. The first kappa shape index (κ1) is 13.4. The zero-order valence-electron chi connectivity index (χ0n) is 11.1. The molecule has 1 amide bonds. The molecule has 1 fully saturated rings. The van der Waals surface area contributed by atoms with Gasteiger partial charge in [0.1, 0.15) is 6.04 Å². The van der Waals surface area contributed by atoms with Crippen LogP contribution < -0.4 is 5.32 Å². The van der Waals surface area contributed by atoms with Crippen molar-refractivity contribution in [3.8, 4) is 0 Å². The van der Waals surface area contributed by atoms with Crippen molar-refractivity contribution in [3.05, 3.63) is 34.3 Å². The van der Waals surface area contributed by atoms with Gasteiger partial charge in [-0.25, -0.2) is 4.79 Å². The van der Waals surface area contributed by atoms with Gasteiger partial charge in [-0.3, -0.25) is 4.79 Å². The molecule has 1 N–H and O–H groups in total. The van der Waals surface area contributed by atoms with Crippen LogP contribution in [0.2, 0.25) is 5.02 Å². The molecule has 6 heteroatoms. The smallest absolute Gasteiger partial charge is 0.328 e. The number of nitrogens with zero attached hydrogens (tertiary/aromatic N) is 1. The molecule has 0 bridgehead atoms. The molecule has 5 nitrogen and oxygen atoms in total. The third-order valence-corrected chi connectivity index (χ3v) is 4.16. The number of rotatable bonds is 1. The number of ether oxygens (including phenoxy) is 1. The summed E-state index contributed by atoms with van der Waals surface area (Å²) in [6.07, 6.45) is 0.474. The number of carbonyl (C=O) groups is 2. The van der Waals surface area contributed by atoms with E-state index in [4.69, 9.17) is 16.3 Å². The van der Waals surface area contributed by atoms with Crippen LogP contribution in [0.4, 0.5) is 0 Å². The van der Waals surface area contributed by atoms with Gasteiger partial charge < -0.3 is 15.0 Å². The zero-order valence-corrected chi connectivity index (χ0v) is 11.8. The normalized spacial score (nSPS) is 24.9. The third-order valence-electron chi connectivity index (χ3n) is 3.93. The van der Waals surface area contributed by atoms with Crippen LogP contribution in [0.5, 0.6) is 0 Å². The van der Waals surface area contributed by atoms with Gasteiger partial charge in [-0.1, -0.05) is 17.7 Å². The van der Waals surface area contributed by atoms with Gasteiger partial charge in [0.05, 0.1) is 19.7 Å². The number of piperazine rings is 1. The van der Waals surface area contributed by atoms with E-state index >= 15 is 0 Å². The maximum atomic E-state index is 12.2. The second-order valence-corrected chi connectivity index (χ2v) is 5.47. The van der Waals surface area contributed by atoms with Crippen molar-refractivity contribution in [2.24, 2.45) is 0 Å². The Morgan fingerprint density at radius 2 is 2.30 bits per heavy atom. The number of esters is 1. The average Bonchev–Trinajstić information content (AvgIpc) is 2.46. The molecule has 2 aliphatic heterocycles. The van der Waals surface area contributed by atoms with Crippen LogP contribution in [0.15, 0.2) is 18.2 Å². The minimum Gasteiger partial charge on any atom is -0.467 e. The molecule has 2 aliphatic rings. The number of amides is 1. The highest BCUT2D eigenvalue weighted by Crippen LogP contribution is 2.36. The Hall–Kier alpha value is -1.59. The van der Waals surface area contributed by atoms with Gasteiger partial charge in [0.2, 0.25) is 5.91 Å². The Morgan fingerprint density at radius 1 is 1.50 bits per heavy atom. The summed E-state index contributed by atoms with van der Waals surface area (Å²) in [6, 6.07) is 4.89. The minimum atomic E-state index is -0.548. The van der Waals surface area contributed by atoms with E-state index in [0.29, 0.717) is 18.0 Å². The Kier molecular flexibility index (Phi) is 3.40. The van der Waals surface area contributed by atoms with Crippen molar-refractivity contribution < 1.29 is 14.3 Å². The van der Waals surface area contributed by atoms with Crippen molar-refractivity contribution in [2.45, 2.75) is 18.5 Å². The summed E-state index contributed by atoms with van der Waals surface area (Å²) in [5, 5.41) is 3.72. The van der Waals surface area contributed by atoms with Gasteiger partial charge >= 0.3 is 5.97 Å². The fourth-order valence-corrected chi connectivity index (χ4v) is 3.21. The molecule has 106 valence electrons. The van der Waals surface area contributed by atoms with E-state index in [0.717, 1.165) is 11.1 Å². The van der Waals surface area contributed by atoms with Gasteiger partial charge in [-0.05, 0) is 23.3 Å². The molecule has 0 aromatic heterocycles. The molecule has 3 rings (SSSR count). The predicted molar refractivity (Wildman–Crippen MR) is 73.4 cm³/mol. The Morgan fingerprint density at radius 3 is 3.05 bits per heavy atom. The topological polar surface area (TPSA) is 58.6 Å². The molecular formula is C14H15ClN2O3. The van der Waals surface area contributed by atoms with Crippen LogP contribution >= 0.6 is 11.6 Å². The number of hydrogen-bond donors (Lipinski definition) is 1. The molecule has 2 atom stereocenters. The molecule has 0 spiro atoms. The molecule has 0 radical (unpaired) electrons. The quantitative estimate of drug-likeness (QED) is 0.782. The van der Waals surface area contributed by atoms with Gasteiger partial charge in [0.15, 0.2) is 0 Å². The maximum Gasteiger partial charge on any atom is 0.328 e. The second-order valence-electron chi connectivity index (χ2n) is 5.03. The summed E-state index contributed by atoms with van der Waals surface area (Å²) >= 11 is 6.05. The first-order valence-corrected chi connectivity index (χ1v) is 6.87. The number of nitrogens with one attached hydrogen (secondary N) is 1. The van der Waals surface area contributed by atoms with E-state index in [1.807, 2.05) is 18.2 Å². The lowest BCUT2D eigenvalue weighted by Gasteiger charge is -2.44. The van der Waals surface area contributed by atoms with Crippen LogP contribution in [0, 0.1) is 0 Å². The lowest BCUT2D eigenvalue weighted by Crippen LogP contribution is -2.59. The van der Waals surface area contributed by atoms with Gasteiger partial charge in [0.25, 0.3) is 0 Å². The number of benzene rings is 1. The van der Waals surface area contributed by atoms with Gasteiger partial charge in [-0.2, -0.15) is 0 Å². The average molecular weight is 295 g/mol. The highest BCUT2D eigenvalue weighted by atomic mass is 35.5. The van der Waals surface area contributed by atoms with E-state index in [-0.39, 0.29) is 24.5 Å². The molecule has 1 aromatic carbocycles.